The number of nitrogens with one attached hydrogen (secondary N) is 3. The number of hydrogen-bond acceptors (Lipinski definition) is 3. The van der Waals surface area contributed by atoms with Gasteiger partial charge in [-0.05, 0) is 70.0 Å². The lowest BCUT2D eigenvalue weighted by molar-refractivity contribution is -0.131. The second-order valence-corrected chi connectivity index (χ2v) is 8.41. The van der Waals surface area contributed by atoms with Gasteiger partial charge in [-0.2, -0.15) is 0 Å². The Morgan fingerprint density at radius 3 is 2.81 bits per heavy atom. The number of aromatic amines is 1. The van der Waals surface area contributed by atoms with Crippen LogP contribution in [0.2, 0.25) is 0 Å². The number of fused-ring (bicyclic) bond motifs is 1. The summed E-state index contributed by atoms with van der Waals surface area (Å²) in [6.45, 7) is 4.75. The summed E-state index contributed by atoms with van der Waals surface area (Å²) in [6.07, 6.45) is 6.71. The largest absolute Gasteiger partial charge is 0.355 e. The Balaban J connectivity index is 1.27. The van der Waals surface area contributed by atoms with Crippen LogP contribution in [0.25, 0.3) is 11.0 Å². The number of nitrogens with zero attached hydrogens (tertiary/aromatic N) is 1. The Kier molecular flexibility index (Phi) is 4.98. The standard InChI is InChI=1S/C21H30N4O/c1-21(11-4-12-22-14-21)20(26)23-13-15-7-9-16(10-8-15)19-24-17-5-2-3-6-18(17)25-19/h2-3,5-6,15-16,22H,4,7-14H2,1H3,(H,23,26)(H,24,25)/t15?,16?,21-/m1/s1. The highest BCUT2D eigenvalue weighted by Crippen LogP contribution is 2.35. The maximum atomic E-state index is 12.6. The first kappa shape index (κ1) is 17.5. The third-order valence-corrected chi connectivity index (χ3v) is 6.34. The Hall–Kier alpha value is -1.88. The van der Waals surface area contributed by atoms with Crippen LogP contribution >= 0.6 is 0 Å². The number of piperidine rings is 1. The van der Waals surface area contributed by atoms with Gasteiger partial charge in [0, 0.05) is 19.0 Å². The van der Waals surface area contributed by atoms with Crippen molar-refractivity contribution in [3.63, 3.8) is 0 Å². The van der Waals surface area contributed by atoms with Crippen LogP contribution in [0.5, 0.6) is 0 Å². The number of hydrogen-bond donors (Lipinski definition) is 3. The van der Waals surface area contributed by atoms with E-state index in [0.717, 1.165) is 75.0 Å². The molecule has 4 rings (SSSR count). The highest BCUT2D eigenvalue weighted by molar-refractivity contribution is 5.82. The summed E-state index contributed by atoms with van der Waals surface area (Å²) in [5.74, 6) is 2.48. The Morgan fingerprint density at radius 2 is 2.08 bits per heavy atom. The van der Waals surface area contributed by atoms with Gasteiger partial charge in [-0.3, -0.25) is 4.79 Å². The topological polar surface area (TPSA) is 69.8 Å². The van der Waals surface area contributed by atoms with Crippen LogP contribution in [-0.4, -0.2) is 35.5 Å². The van der Waals surface area contributed by atoms with Crippen LogP contribution in [-0.2, 0) is 4.79 Å². The summed E-state index contributed by atoms with van der Waals surface area (Å²) in [5, 5.41) is 6.59. The molecule has 1 atom stereocenters. The van der Waals surface area contributed by atoms with Gasteiger partial charge in [0.2, 0.25) is 5.91 Å². The maximum absolute atomic E-state index is 12.6. The lowest BCUT2D eigenvalue weighted by atomic mass is 9.80. The summed E-state index contributed by atoms with van der Waals surface area (Å²) in [4.78, 5) is 20.8. The first-order chi connectivity index (χ1) is 12.6. The lowest BCUT2D eigenvalue weighted by Crippen LogP contribution is -2.49. The highest BCUT2D eigenvalue weighted by atomic mass is 16.2. The van der Waals surface area contributed by atoms with E-state index in [9.17, 15) is 4.79 Å². The number of H-pyrrole nitrogens is 1. The predicted molar refractivity (Wildman–Crippen MR) is 104 cm³/mol. The summed E-state index contributed by atoms with van der Waals surface area (Å²) in [7, 11) is 0. The van der Waals surface area contributed by atoms with E-state index in [1.54, 1.807) is 0 Å². The van der Waals surface area contributed by atoms with Gasteiger partial charge in [0.25, 0.3) is 0 Å². The average Bonchev–Trinajstić information content (AvgIpc) is 3.11. The van der Waals surface area contributed by atoms with Gasteiger partial charge >= 0.3 is 0 Å². The van der Waals surface area contributed by atoms with Crippen molar-refractivity contribution in [3.05, 3.63) is 30.1 Å². The Bertz CT molecular complexity index is 721. The van der Waals surface area contributed by atoms with Crippen LogP contribution in [0.4, 0.5) is 0 Å². The molecule has 5 nitrogen and oxygen atoms in total. The van der Waals surface area contributed by atoms with E-state index in [1.807, 2.05) is 12.1 Å². The van der Waals surface area contributed by atoms with Crippen LogP contribution in [0.1, 0.15) is 57.2 Å². The molecule has 1 aromatic heterocycles. The second kappa shape index (κ2) is 7.39. The smallest absolute Gasteiger partial charge is 0.227 e. The normalized spacial score (nSPS) is 29.6. The molecule has 0 bridgehead atoms. The molecule has 3 N–H and O–H groups in total. The highest BCUT2D eigenvalue weighted by Gasteiger charge is 2.35. The summed E-state index contributed by atoms with van der Waals surface area (Å²) in [5.41, 5.74) is 1.96. The van der Waals surface area contributed by atoms with E-state index >= 15 is 0 Å². The second-order valence-electron chi connectivity index (χ2n) is 8.41. The molecule has 1 aliphatic heterocycles. The van der Waals surface area contributed by atoms with Gasteiger partial charge in [0.15, 0.2) is 0 Å². The molecule has 140 valence electrons. The fraction of sp³-hybridized carbons (Fsp3) is 0.619. The third-order valence-electron chi connectivity index (χ3n) is 6.34. The van der Waals surface area contributed by atoms with Crippen LogP contribution in [0.15, 0.2) is 24.3 Å². The molecule has 0 radical (unpaired) electrons. The molecule has 2 aromatic rings. The van der Waals surface area contributed by atoms with Crippen molar-refractivity contribution in [3.8, 4) is 0 Å². The summed E-state index contributed by atoms with van der Waals surface area (Å²) < 4.78 is 0. The predicted octanol–water partition coefficient (Wildman–Crippen LogP) is 3.34. The zero-order valence-corrected chi connectivity index (χ0v) is 15.7. The van der Waals surface area contributed by atoms with Crippen molar-refractivity contribution in [1.29, 1.82) is 0 Å². The number of imidazole rings is 1. The number of para-hydroxylation sites is 2. The van der Waals surface area contributed by atoms with Crippen molar-refractivity contribution >= 4 is 16.9 Å². The molecular weight excluding hydrogens is 324 g/mol. The quantitative estimate of drug-likeness (QED) is 0.789. The monoisotopic (exact) mass is 354 g/mol. The van der Waals surface area contributed by atoms with Crippen molar-refractivity contribution < 1.29 is 4.79 Å². The van der Waals surface area contributed by atoms with Gasteiger partial charge in [-0.1, -0.05) is 12.1 Å². The lowest BCUT2D eigenvalue weighted by Gasteiger charge is -2.34. The van der Waals surface area contributed by atoms with Crippen LogP contribution < -0.4 is 10.6 Å². The van der Waals surface area contributed by atoms with E-state index in [2.05, 4.69) is 34.7 Å². The average molecular weight is 354 g/mol. The van der Waals surface area contributed by atoms with Crippen molar-refractivity contribution in [2.75, 3.05) is 19.6 Å². The molecule has 26 heavy (non-hydrogen) atoms. The number of rotatable bonds is 4. The number of aromatic nitrogens is 2. The van der Waals surface area contributed by atoms with E-state index in [4.69, 9.17) is 4.98 Å². The molecule has 0 spiro atoms. The van der Waals surface area contributed by atoms with Gasteiger partial charge in [-0.25, -0.2) is 4.98 Å². The fourth-order valence-corrected chi connectivity index (χ4v) is 4.51. The number of carbonyl (C=O) groups is 1. The number of benzene rings is 1. The molecule has 5 heteroatoms. The molecule has 1 amide bonds. The SMILES string of the molecule is C[C@@]1(C(=O)NCC2CCC(c3nc4ccccc4[nH]3)CC2)CCCNC1. The fourth-order valence-electron chi connectivity index (χ4n) is 4.51. The molecule has 1 aliphatic carbocycles. The van der Waals surface area contributed by atoms with Gasteiger partial charge in [0.1, 0.15) is 5.82 Å². The minimum Gasteiger partial charge on any atom is -0.355 e. The van der Waals surface area contributed by atoms with Gasteiger partial charge in [0.05, 0.1) is 16.4 Å². The Morgan fingerprint density at radius 1 is 1.27 bits per heavy atom. The zero-order chi connectivity index (χ0) is 18.0. The van der Waals surface area contributed by atoms with E-state index in [0.29, 0.717) is 11.8 Å². The van der Waals surface area contributed by atoms with Crippen molar-refractivity contribution in [2.24, 2.45) is 11.3 Å². The minimum absolute atomic E-state index is 0.226. The summed E-state index contributed by atoms with van der Waals surface area (Å²) in [6, 6.07) is 8.24. The van der Waals surface area contributed by atoms with E-state index in [-0.39, 0.29) is 11.3 Å². The van der Waals surface area contributed by atoms with Gasteiger partial charge < -0.3 is 15.6 Å². The van der Waals surface area contributed by atoms with Crippen LogP contribution in [0, 0.1) is 11.3 Å². The van der Waals surface area contributed by atoms with Crippen molar-refractivity contribution in [2.45, 2.75) is 51.4 Å². The molecule has 2 fully saturated rings. The molecule has 1 aromatic carbocycles. The van der Waals surface area contributed by atoms with E-state index in [1.165, 1.54) is 0 Å². The number of carbonyl (C=O) groups excluding carboxylic acids is 1. The van der Waals surface area contributed by atoms with Gasteiger partial charge in [-0.15, -0.1) is 0 Å². The first-order valence-corrected chi connectivity index (χ1v) is 10.1. The molecular formula is C21H30N4O. The number of amides is 1. The summed E-state index contributed by atoms with van der Waals surface area (Å²) >= 11 is 0. The van der Waals surface area contributed by atoms with E-state index < -0.39 is 0 Å². The minimum atomic E-state index is -0.232. The maximum Gasteiger partial charge on any atom is 0.227 e. The van der Waals surface area contributed by atoms with Crippen LogP contribution in [0.3, 0.4) is 0 Å². The first-order valence-electron chi connectivity index (χ1n) is 10.1. The molecule has 2 aliphatic rings. The third kappa shape index (κ3) is 3.63. The molecule has 2 heterocycles. The molecule has 0 unspecified atom stereocenters. The zero-order valence-electron chi connectivity index (χ0n) is 15.7. The Labute approximate surface area is 155 Å². The van der Waals surface area contributed by atoms with Crippen molar-refractivity contribution in [1.82, 2.24) is 20.6 Å². The molecule has 1 saturated heterocycles. The molecule has 1 saturated carbocycles.